The summed E-state index contributed by atoms with van der Waals surface area (Å²) in [6.07, 6.45) is -1.03. The summed E-state index contributed by atoms with van der Waals surface area (Å²) in [5.74, 6) is -0.815. The van der Waals surface area contributed by atoms with E-state index in [2.05, 4.69) is 24.1 Å². The molecule has 0 saturated carbocycles. The monoisotopic (exact) mass is 609 g/mol. The molecular formula is C33H38F3N5O3. The number of halogens is 3. The fraction of sp³-hybridized carbons (Fsp3) is 0.455. The van der Waals surface area contributed by atoms with Crippen molar-refractivity contribution in [1.29, 1.82) is 5.26 Å². The number of anilines is 2. The lowest BCUT2D eigenvalue weighted by molar-refractivity contribution is -0.138. The van der Waals surface area contributed by atoms with E-state index < -0.39 is 29.1 Å². The summed E-state index contributed by atoms with van der Waals surface area (Å²) >= 11 is 0. The van der Waals surface area contributed by atoms with Gasteiger partial charge in [0.25, 0.3) is 11.8 Å². The number of unbranched alkanes of at least 4 members (excludes halogenated alkanes) is 3. The van der Waals surface area contributed by atoms with Gasteiger partial charge < -0.3 is 10.2 Å². The number of imide groups is 1. The molecule has 2 aliphatic rings. The van der Waals surface area contributed by atoms with E-state index >= 15 is 0 Å². The van der Waals surface area contributed by atoms with Crippen LogP contribution in [0.1, 0.15) is 75.5 Å². The van der Waals surface area contributed by atoms with Gasteiger partial charge in [-0.15, -0.1) is 0 Å². The zero-order chi connectivity index (χ0) is 32.0. The summed E-state index contributed by atoms with van der Waals surface area (Å²) in [7, 11) is 0. The first-order valence-corrected chi connectivity index (χ1v) is 15.0. The molecule has 0 aromatic heterocycles. The number of rotatable bonds is 10. The highest BCUT2D eigenvalue weighted by Gasteiger charge is 2.39. The lowest BCUT2D eigenvalue weighted by Crippen LogP contribution is -2.50. The number of carbonyl (C=O) groups excluding carboxylic acids is 3. The van der Waals surface area contributed by atoms with Crippen LogP contribution >= 0.6 is 0 Å². The molecule has 0 radical (unpaired) electrons. The molecule has 4 rings (SSSR count). The van der Waals surface area contributed by atoms with Crippen LogP contribution in [0.4, 0.5) is 29.3 Å². The Morgan fingerprint density at radius 2 is 1.61 bits per heavy atom. The average Bonchev–Trinajstić information content (AvgIpc) is 3.21. The van der Waals surface area contributed by atoms with E-state index in [1.165, 1.54) is 24.6 Å². The van der Waals surface area contributed by atoms with Crippen molar-refractivity contribution in [2.45, 2.75) is 65.0 Å². The van der Waals surface area contributed by atoms with Gasteiger partial charge in [0.2, 0.25) is 0 Å². The van der Waals surface area contributed by atoms with Gasteiger partial charge >= 0.3 is 12.2 Å². The standard InChI is InChI=1S/C33H38F3N5O3/c1-22(2)24-9-12-26(13-10-24)38-32(44)40-18-16-39(17-19-40)15-7-5-4-6-8-28-23(3)30(42)41(31(28)43)27-14-11-25(21-37)29(20-27)33(34,35)36/h9-14,20,22H,4-8,15-19H2,1-3H3,(H,38,44). The van der Waals surface area contributed by atoms with Crippen molar-refractivity contribution in [3.8, 4) is 6.07 Å². The summed E-state index contributed by atoms with van der Waals surface area (Å²) in [6.45, 7) is 9.58. The zero-order valence-electron chi connectivity index (χ0n) is 25.3. The van der Waals surface area contributed by atoms with Gasteiger partial charge in [-0.2, -0.15) is 18.4 Å². The van der Waals surface area contributed by atoms with E-state index in [0.29, 0.717) is 43.5 Å². The van der Waals surface area contributed by atoms with Gasteiger partial charge in [0.15, 0.2) is 0 Å². The summed E-state index contributed by atoms with van der Waals surface area (Å²) in [4.78, 5) is 43.5. The van der Waals surface area contributed by atoms with Gasteiger partial charge in [0, 0.05) is 43.0 Å². The minimum absolute atomic E-state index is 0.0926. The quantitative estimate of drug-likeness (QED) is 0.239. The number of alkyl halides is 3. The Kier molecular flexibility index (Phi) is 10.5. The molecule has 2 aromatic rings. The van der Waals surface area contributed by atoms with Crippen LogP contribution in [0.5, 0.6) is 0 Å². The van der Waals surface area contributed by atoms with Gasteiger partial charge in [-0.3, -0.25) is 14.5 Å². The molecule has 2 aromatic carbocycles. The van der Waals surface area contributed by atoms with E-state index in [9.17, 15) is 27.6 Å². The molecule has 234 valence electrons. The van der Waals surface area contributed by atoms with Crippen molar-refractivity contribution < 1.29 is 27.6 Å². The van der Waals surface area contributed by atoms with Crippen LogP contribution in [-0.4, -0.2) is 60.4 Å². The van der Waals surface area contributed by atoms with Gasteiger partial charge in [0.05, 0.1) is 22.9 Å². The van der Waals surface area contributed by atoms with Gasteiger partial charge in [-0.1, -0.05) is 38.8 Å². The number of urea groups is 1. The van der Waals surface area contributed by atoms with Crippen molar-refractivity contribution >= 4 is 29.2 Å². The first kappa shape index (κ1) is 32.7. The second kappa shape index (κ2) is 14.1. The second-order valence-corrected chi connectivity index (χ2v) is 11.6. The van der Waals surface area contributed by atoms with Gasteiger partial charge in [-0.25, -0.2) is 9.69 Å². The molecule has 8 nitrogen and oxygen atoms in total. The van der Waals surface area contributed by atoms with Crippen molar-refractivity contribution in [3.05, 3.63) is 70.3 Å². The van der Waals surface area contributed by atoms with Crippen molar-refractivity contribution in [2.24, 2.45) is 0 Å². The van der Waals surface area contributed by atoms with E-state index in [1.54, 1.807) is 0 Å². The first-order valence-electron chi connectivity index (χ1n) is 15.0. The number of piperazine rings is 1. The summed E-state index contributed by atoms with van der Waals surface area (Å²) < 4.78 is 40.3. The van der Waals surface area contributed by atoms with Crippen LogP contribution in [-0.2, 0) is 15.8 Å². The molecule has 2 aliphatic heterocycles. The smallest absolute Gasteiger partial charge is 0.322 e. The number of nitrogens with zero attached hydrogens (tertiary/aromatic N) is 4. The Balaban J connectivity index is 1.17. The molecule has 0 bridgehead atoms. The number of amides is 4. The predicted molar refractivity (Wildman–Crippen MR) is 162 cm³/mol. The van der Waals surface area contributed by atoms with Crippen molar-refractivity contribution in [1.82, 2.24) is 9.80 Å². The van der Waals surface area contributed by atoms with E-state index in [0.717, 1.165) is 55.6 Å². The molecule has 0 aliphatic carbocycles. The lowest BCUT2D eigenvalue weighted by Gasteiger charge is -2.34. The molecule has 0 unspecified atom stereocenters. The molecule has 4 amide bonds. The van der Waals surface area contributed by atoms with Crippen LogP contribution in [0.15, 0.2) is 53.6 Å². The molecular weight excluding hydrogens is 571 g/mol. The predicted octanol–water partition coefficient (Wildman–Crippen LogP) is 6.69. The normalized spacial score (nSPS) is 16.2. The maximum Gasteiger partial charge on any atom is 0.417 e. The molecule has 1 N–H and O–H groups in total. The number of hydrogen-bond acceptors (Lipinski definition) is 5. The SMILES string of the molecule is CC1=C(CCCCCCN2CCN(C(=O)Nc3ccc(C(C)C)cc3)CC2)C(=O)N(c2ccc(C#N)c(C(F)(F)F)c2)C1=O. The number of nitrogens with one attached hydrogen (secondary N) is 1. The highest BCUT2D eigenvalue weighted by molar-refractivity contribution is 6.32. The van der Waals surface area contributed by atoms with E-state index in [1.807, 2.05) is 29.2 Å². The molecule has 0 atom stereocenters. The van der Waals surface area contributed by atoms with Crippen molar-refractivity contribution in [3.63, 3.8) is 0 Å². The number of benzene rings is 2. The molecule has 0 spiro atoms. The summed E-state index contributed by atoms with van der Waals surface area (Å²) in [5.41, 5.74) is 0.624. The van der Waals surface area contributed by atoms with Crippen LogP contribution in [0, 0.1) is 11.3 Å². The Bertz CT molecular complexity index is 1450. The van der Waals surface area contributed by atoms with Gasteiger partial charge in [-0.05, 0) is 74.5 Å². The molecule has 2 heterocycles. The first-order chi connectivity index (χ1) is 20.9. The third kappa shape index (κ3) is 7.66. The lowest BCUT2D eigenvalue weighted by atomic mass is 10.0. The maximum atomic E-state index is 13.4. The number of nitriles is 1. The summed E-state index contributed by atoms with van der Waals surface area (Å²) in [6, 6.07) is 12.2. The fourth-order valence-corrected chi connectivity index (χ4v) is 5.54. The summed E-state index contributed by atoms with van der Waals surface area (Å²) in [5, 5.41) is 12.0. The minimum Gasteiger partial charge on any atom is -0.322 e. The van der Waals surface area contributed by atoms with E-state index in [4.69, 9.17) is 5.26 Å². The second-order valence-electron chi connectivity index (χ2n) is 11.6. The van der Waals surface area contributed by atoms with Crippen LogP contribution in [0.2, 0.25) is 0 Å². The molecule has 1 fully saturated rings. The number of hydrogen-bond donors (Lipinski definition) is 1. The molecule has 11 heteroatoms. The Hall–Kier alpha value is -4.17. The highest BCUT2D eigenvalue weighted by Crippen LogP contribution is 2.37. The third-order valence-electron chi connectivity index (χ3n) is 8.26. The van der Waals surface area contributed by atoms with Crippen molar-refractivity contribution in [2.75, 3.05) is 42.9 Å². The average molecular weight is 610 g/mol. The van der Waals surface area contributed by atoms with Crippen LogP contribution < -0.4 is 10.2 Å². The highest BCUT2D eigenvalue weighted by atomic mass is 19.4. The topological polar surface area (TPSA) is 96.8 Å². The zero-order valence-corrected chi connectivity index (χ0v) is 25.3. The largest absolute Gasteiger partial charge is 0.417 e. The number of carbonyl (C=O) groups is 3. The molecule has 44 heavy (non-hydrogen) atoms. The van der Waals surface area contributed by atoms with Gasteiger partial charge in [0.1, 0.15) is 0 Å². The molecule has 1 saturated heterocycles. The maximum absolute atomic E-state index is 13.4. The Labute approximate surface area is 256 Å². The fourth-order valence-electron chi connectivity index (χ4n) is 5.54. The Morgan fingerprint density at radius 1 is 0.955 bits per heavy atom. The Morgan fingerprint density at radius 3 is 2.23 bits per heavy atom. The van der Waals surface area contributed by atoms with Crippen LogP contribution in [0.25, 0.3) is 0 Å². The minimum atomic E-state index is -4.79. The van der Waals surface area contributed by atoms with Crippen LogP contribution in [0.3, 0.4) is 0 Å². The third-order valence-corrected chi connectivity index (χ3v) is 8.26. The van der Waals surface area contributed by atoms with E-state index in [-0.39, 0.29) is 17.3 Å².